The van der Waals surface area contributed by atoms with Crippen molar-refractivity contribution in [3.63, 3.8) is 0 Å². The summed E-state index contributed by atoms with van der Waals surface area (Å²) in [6.45, 7) is 4.27. The standard InChI is InChI=1S/C16H21N3O/c1-3-11-6-8-12(9-7-11)14-18-15(20-19-14)16(2)10-4-5-13(16)17/h6-9,13H,3-5,10,17H2,1-2H3. The Bertz CT molecular complexity index is 590. The van der Waals surface area contributed by atoms with Gasteiger partial charge in [0.2, 0.25) is 11.7 Å². The highest BCUT2D eigenvalue weighted by Gasteiger charge is 2.42. The second kappa shape index (κ2) is 5.02. The van der Waals surface area contributed by atoms with Crippen LogP contribution in [0.1, 0.15) is 44.6 Å². The van der Waals surface area contributed by atoms with Gasteiger partial charge < -0.3 is 10.3 Å². The van der Waals surface area contributed by atoms with E-state index in [1.165, 1.54) is 5.56 Å². The van der Waals surface area contributed by atoms with Gasteiger partial charge >= 0.3 is 0 Å². The molecule has 1 aliphatic carbocycles. The topological polar surface area (TPSA) is 64.9 Å². The monoisotopic (exact) mass is 271 g/mol. The Balaban J connectivity index is 1.89. The van der Waals surface area contributed by atoms with Gasteiger partial charge in [-0.25, -0.2) is 0 Å². The highest BCUT2D eigenvalue weighted by molar-refractivity contribution is 5.54. The summed E-state index contributed by atoms with van der Waals surface area (Å²) < 4.78 is 5.49. The number of hydrogen-bond donors (Lipinski definition) is 1. The normalized spacial score (nSPS) is 26.1. The van der Waals surface area contributed by atoms with E-state index in [4.69, 9.17) is 10.3 Å². The van der Waals surface area contributed by atoms with E-state index in [0.29, 0.717) is 11.7 Å². The summed E-state index contributed by atoms with van der Waals surface area (Å²) in [5.74, 6) is 1.33. The molecule has 3 rings (SSSR count). The van der Waals surface area contributed by atoms with Gasteiger partial charge in [-0.05, 0) is 31.7 Å². The van der Waals surface area contributed by atoms with Crippen LogP contribution in [0.4, 0.5) is 0 Å². The zero-order chi connectivity index (χ0) is 14.2. The first kappa shape index (κ1) is 13.3. The van der Waals surface area contributed by atoms with Gasteiger partial charge in [-0.3, -0.25) is 0 Å². The lowest BCUT2D eigenvalue weighted by Gasteiger charge is -2.23. The first-order chi connectivity index (χ1) is 9.63. The molecule has 2 N–H and O–H groups in total. The van der Waals surface area contributed by atoms with E-state index in [0.717, 1.165) is 31.2 Å². The lowest BCUT2D eigenvalue weighted by Crippen LogP contribution is -2.38. The molecule has 106 valence electrons. The van der Waals surface area contributed by atoms with Crippen LogP contribution in [0.15, 0.2) is 28.8 Å². The van der Waals surface area contributed by atoms with Crippen LogP contribution < -0.4 is 5.73 Å². The van der Waals surface area contributed by atoms with Gasteiger partial charge in [0.05, 0.1) is 5.41 Å². The maximum Gasteiger partial charge on any atom is 0.234 e. The molecular weight excluding hydrogens is 250 g/mol. The van der Waals surface area contributed by atoms with E-state index in [-0.39, 0.29) is 11.5 Å². The fourth-order valence-corrected chi connectivity index (χ4v) is 2.92. The maximum absolute atomic E-state index is 6.20. The molecule has 0 spiro atoms. The summed E-state index contributed by atoms with van der Waals surface area (Å²) in [5, 5.41) is 4.12. The Morgan fingerprint density at radius 1 is 1.35 bits per heavy atom. The van der Waals surface area contributed by atoms with E-state index < -0.39 is 0 Å². The van der Waals surface area contributed by atoms with Crippen LogP contribution >= 0.6 is 0 Å². The van der Waals surface area contributed by atoms with Gasteiger partial charge in [-0.1, -0.05) is 42.8 Å². The average molecular weight is 271 g/mol. The third kappa shape index (κ3) is 2.14. The minimum absolute atomic E-state index is 0.110. The van der Waals surface area contributed by atoms with Crippen LogP contribution in [0.3, 0.4) is 0 Å². The van der Waals surface area contributed by atoms with Crippen LogP contribution in [-0.4, -0.2) is 16.2 Å². The van der Waals surface area contributed by atoms with Crippen molar-refractivity contribution in [1.29, 1.82) is 0 Å². The van der Waals surface area contributed by atoms with Crippen LogP contribution in [0.25, 0.3) is 11.4 Å². The fraction of sp³-hybridized carbons (Fsp3) is 0.500. The summed E-state index contributed by atoms with van der Waals surface area (Å²) in [7, 11) is 0. The van der Waals surface area contributed by atoms with Crippen LogP contribution in [0, 0.1) is 0 Å². The number of hydrogen-bond acceptors (Lipinski definition) is 4. The van der Waals surface area contributed by atoms with Gasteiger partial charge in [0, 0.05) is 11.6 Å². The molecule has 4 nitrogen and oxygen atoms in total. The SMILES string of the molecule is CCc1ccc(-c2noc(C3(C)CCCC3N)n2)cc1. The molecule has 1 aromatic carbocycles. The second-order valence-electron chi connectivity index (χ2n) is 5.89. The maximum atomic E-state index is 6.20. The van der Waals surface area contributed by atoms with E-state index >= 15 is 0 Å². The zero-order valence-corrected chi connectivity index (χ0v) is 12.1. The number of nitrogens with zero attached hydrogens (tertiary/aromatic N) is 2. The van der Waals surface area contributed by atoms with Gasteiger partial charge in [0.1, 0.15) is 0 Å². The van der Waals surface area contributed by atoms with Crippen molar-refractivity contribution in [3.8, 4) is 11.4 Å². The lowest BCUT2D eigenvalue weighted by atomic mass is 9.85. The summed E-state index contributed by atoms with van der Waals surface area (Å²) in [4.78, 5) is 4.58. The van der Waals surface area contributed by atoms with Crippen LogP contribution in [0.5, 0.6) is 0 Å². The molecule has 1 heterocycles. The Labute approximate surface area is 119 Å². The predicted molar refractivity (Wildman–Crippen MR) is 78.3 cm³/mol. The highest BCUT2D eigenvalue weighted by Crippen LogP contribution is 2.39. The van der Waals surface area contributed by atoms with E-state index in [9.17, 15) is 0 Å². The molecule has 2 unspecified atom stereocenters. The molecule has 2 atom stereocenters. The smallest absolute Gasteiger partial charge is 0.234 e. The van der Waals surface area contributed by atoms with Crippen molar-refractivity contribution >= 4 is 0 Å². The fourth-order valence-electron chi connectivity index (χ4n) is 2.92. The molecule has 2 aromatic rings. The van der Waals surface area contributed by atoms with Crippen molar-refractivity contribution < 1.29 is 4.52 Å². The average Bonchev–Trinajstić information content (AvgIpc) is 3.08. The molecule has 1 aromatic heterocycles. The first-order valence-corrected chi connectivity index (χ1v) is 7.32. The Morgan fingerprint density at radius 2 is 2.10 bits per heavy atom. The third-order valence-corrected chi connectivity index (χ3v) is 4.56. The zero-order valence-electron chi connectivity index (χ0n) is 12.1. The number of rotatable bonds is 3. The van der Waals surface area contributed by atoms with Gasteiger partial charge in [0.25, 0.3) is 0 Å². The highest BCUT2D eigenvalue weighted by atomic mass is 16.5. The Kier molecular flexibility index (Phi) is 3.34. The van der Waals surface area contributed by atoms with Gasteiger partial charge in [-0.15, -0.1) is 0 Å². The third-order valence-electron chi connectivity index (χ3n) is 4.56. The first-order valence-electron chi connectivity index (χ1n) is 7.32. The molecule has 1 aliphatic rings. The quantitative estimate of drug-likeness (QED) is 0.931. The number of aromatic nitrogens is 2. The van der Waals surface area contributed by atoms with Crippen molar-refractivity contribution in [2.24, 2.45) is 5.73 Å². The largest absolute Gasteiger partial charge is 0.338 e. The minimum Gasteiger partial charge on any atom is -0.338 e. The minimum atomic E-state index is -0.172. The van der Waals surface area contributed by atoms with Crippen LogP contribution in [0.2, 0.25) is 0 Å². The summed E-state index contributed by atoms with van der Waals surface area (Å²) in [6, 6.07) is 8.41. The second-order valence-corrected chi connectivity index (χ2v) is 5.89. The summed E-state index contributed by atoms with van der Waals surface area (Å²) >= 11 is 0. The van der Waals surface area contributed by atoms with Crippen LogP contribution in [-0.2, 0) is 11.8 Å². The molecular formula is C16H21N3O. The number of nitrogens with two attached hydrogens (primary N) is 1. The molecule has 20 heavy (non-hydrogen) atoms. The summed E-state index contributed by atoms with van der Waals surface area (Å²) in [6.07, 6.45) is 4.20. The van der Waals surface area contributed by atoms with Gasteiger partial charge in [-0.2, -0.15) is 4.98 Å². The van der Waals surface area contributed by atoms with Gasteiger partial charge in [0.15, 0.2) is 0 Å². The van der Waals surface area contributed by atoms with Crippen molar-refractivity contribution in [1.82, 2.24) is 10.1 Å². The molecule has 0 amide bonds. The van der Waals surface area contributed by atoms with Crippen molar-refractivity contribution in [2.45, 2.75) is 51.0 Å². The van der Waals surface area contributed by atoms with Crippen molar-refractivity contribution in [2.75, 3.05) is 0 Å². The van der Waals surface area contributed by atoms with E-state index in [2.05, 4.69) is 36.1 Å². The van der Waals surface area contributed by atoms with E-state index in [1.54, 1.807) is 0 Å². The molecule has 1 fully saturated rings. The number of aryl methyl sites for hydroxylation is 1. The number of benzene rings is 1. The molecule has 0 saturated heterocycles. The molecule has 0 bridgehead atoms. The molecule has 1 saturated carbocycles. The summed E-state index contributed by atoms with van der Waals surface area (Å²) in [5.41, 5.74) is 8.33. The molecule has 0 aliphatic heterocycles. The molecule has 0 radical (unpaired) electrons. The molecule has 4 heteroatoms. The predicted octanol–water partition coefficient (Wildman–Crippen LogP) is 3.07. The van der Waals surface area contributed by atoms with Crippen molar-refractivity contribution in [3.05, 3.63) is 35.7 Å². The lowest BCUT2D eigenvalue weighted by molar-refractivity contribution is 0.278. The Hall–Kier alpha value is -1.68. The van der Waals surface area contributed by atoms with E-state index in [1.807, 2.05) is 12.1 Å². The Morgan fingerprint density at radius 3 is 2.70 bits per heavy atom.